The number of hydrogen-bond acceptors (Lipinski definition) is 4. The molecule has 5 nitrogen and oxygen atoms in total. The van der Waals surface area contributed by atoms with Crippen molar-refractivity contribution in [3.63, 3.8) is 0 Å². The zero-order valence-corrected chi connectivity index (χ0v) is 15.1. The lowest BCUT2D eigenvalue weighted by molar-refractivity contribution is 0.203. The topological polar surface area (TPSA) is 64.2 Å². The van der Waals surface area contributed by atoms with Crippen LogP contribution in [0.3, 0.4) is 0 Å². The number of nitrogens with zero attached hydrogens (tertiary/aromatic N) is 3. The molecule has 0 bridgehead atoms. The summed E-state index contributed by atoms with van der Waals surface area (Å²) in [5.74, 6) is 0.871. The molecule has 2 heterocycles. The first-order chi connectivity index (χ1) is 12.5. The van der Waals surface area contributed by atoms with Crippen LogP contribution in [-0.4, -0.2) is 28.8 Å². The third-order valence-electron chi connectivity index (χ3n) is 6.11. The van der Waals surface area contributed by atoms with Gasteiger partial charge >= 0.3 is 0 Å². The van der Waals surface area contributed by atoms with Crippen molar-refractivity contribution in [2.75, 3.05) is 23.7 Å². The molecule has 0 amide bonds. The monoisotopic (exact) mass is 356 g/mol. The van der Waals surface area contributed by atoms with Crippen molar-refractivity contribution in [1.82, 2.24) is 9.55 Å². The van der Waals surface area contributed by atoms with Gasteiger partial charge in [-0.25, -0.2) is 4.39 Å². The van der Waals surface area contributed by atoms with Gasteiger partial charge in [0.1, 0.15) is 12.0 Å². The molecule has 2 fully saturated rings. The maximum atomic E-state index is 13.7. The summed E-state index contributed by atoms with van der Waals surface area (Å²) >= 11 is 0. The van der Waals surface area contributed by atoms with Crippen LogP contribution in [0, 0.1) is 5.41 Å². The van der Waals surface area contributed by atoms with Gasteiger partial charge in [-0.2, -0.15) is 4.98 Å². The Labute approximate surface area is 152 Å². The van der Waals surface area contributed by atoms with Gasteiger partial charge in [-0.3, -0.25) is 9.36 Å². The van der Waals surface area contributed by atoms with Gasteiger partial charge in [-0.15, -0.1) is 0 Å². The molecular weight excluding hydrogens is 331 g/mol. The predicted octanol–water partition coefficient (Wildman–Crippen LogP) is 3.14. The average Bonchev–Trinajstić information content (AvgIpc) is 3.00. The Hall–Kier alpha value is -2.37. The predicted molar refractivity (Wildman–Crippen MR) is 102 cm³/mol. The van der Waals surface area contributed by atoms with E-state index >= 15 is 0 Å². The molecule has 6 heteroatoms. The summed E-state index contributed by atoms with van der Waals surface area (Å²) in [6.45, 7) is 1.58. The molecule has 26 heavy (non-hydrogen) atoms. The smallest absolute Gasteiger partial charge is 0.264 e. The van der Waals surface area contributed by atoms with Gasteiger partial charge in [0.25, 0.3) is 5.56 Å². The summed E-state index contributed by atoms with van der Waals surface area (Å²) < 4.78 is 15.2. The SMILES string of the molecule is Cn1c(N2CCC3(CC[C@@H](F)C3)CC2)nc(N)c(-c2ccccc2)c1=O. The van der Waals surface area contributed by atoms with Crippen LogP contribution in [0.2, 0.25) is 0 Å². The highest BCUT2D eigenvalue weighted by molar-refractivity contribution is 5.73. The lowest BCUT2D eigenvalue weighted by Gasteiger charge is -2.40. The Morgan fingerprint density at radius 3 is 2.50 bits per heavy atom. The molecule has 1 aromatic carbocycles. The highest BCUT2D eigenvalue weighted by Gasteiger charge is 2.42. The second-order valence-corrected chi connectivity index (χ2v) is 7.73. The van der Waals surface area contributed by atoms with Gasteiger partial charge in [0.2, 0.25) is 5.95 Å². The van der Waals surface area contributed by atoms with E-state index < -0.39 is 6.17 Å². The molecule has 2 aliphatic rings. The van der Waals surface area contributed by atoms with E-state index in [1.54, 1.807) is 11.6 Å². The molecule has 1 saturated carbocycles. The molecule has 1 aliphatic carbocycles. The maximum absolute atomic E-state index is 13.7. The number of benzene rings is 1. The maximum Gasteiger partial charge on any atom is 0.264 e. The van der Waals surface area contributed by atoms with E-state index in [1.165, 1.54) is 0 Å². The number of aromatic nitrogens is 2. The number of rotatable bonds is 2. The van der Waals surface area contributed by atoms with Crippen molar-refractivity contribution >= 4 is 11.8 Å². The summed E-state index contributed by atoms with van der Waals surface area (Å²) in [7, 11) is 1.74. The summed E-state index contributed by atoms with van der Waals surface area (Å²) in [5.41, 5.74) is 7.40. The summed E-state index contributed by atoms with van der Waals surface area (Å²) in [5, 5.41) is 0. The lowest BCUT2D eigenvalue weighted by Crippen LogP contribution is -2.42. The van der Waals surface area contributed by atoms with Crippen molar-refractivity contribution < 1.29 is 4.39 Å². The van der Waals surface area contributed by atoms with Crippen molar-refractivity contribution in [1.29, 1.82) is 0 Å². The lowest BCUT2D eigenvalue weighted by atomic mass is 9.77. The Morgan fingerprint density at radius 2 is 1.88 bits per heavy atom. The van der Waals surface area contributed by atoms with Gasteiger partial charge in [-0.05, 0) is 43.1 Å². The van der Waals surface area contributed by atoms with Gasteiger partial charge in [0, 0.05) is 20.1 Å². The molecule has 4 rings (SSSR count). The van der Waals surface area contributed by atoms with Crippen molar-refractivity contribution in [2.24, 2.45) is 12.5 Å². The minimum Gasteiger partial charge on any atom is -0.383 e. The van der Waals surface area contributed by atoms with Crippen molar-refractivity contribution in [3.05, 3.63) is 40.7 Å². The Morgan fingerprint density at radius 1 is 1.19 bits per heavy atom. The van der Waals surface area contributed by atoms with Crippen LogP contribution in [-0.2, 0) is 7.05 Å². The van der Waals surface area contributed by atoms with Crippen LogP contribution in [0.25, 0.3) is 11.1 Å². The van der Waals surface area contributed by atoms with Crippen LogP contribution in [0.4, 0.5) is 16.2 Å². The van der Waals surface area contributed by atoms with Crippen molar-refractivity contribution in [2.45, 2.75) is 38.3 Å². The zero-order chi connectivity index (χ0) is 18.3. The number of hydrogen-bond donors (Lipinski definition) is 1. The van der Waals surface area contributed by atoms with Crippen LogP contribution in [0.1, 0.15) is 32.1 Å². The van der Waals surface area contributed by atoms with Crippen LogP contribution in [0.15, 0.2) is 35.1 Å². The molecule has 1 saturated heterocycles. The summed E-state index contributed by atoms with van der Waals surface area (Å²) in [6.07, 6.45) is 3.60. The van der Waals surface area contributed by atoms with E-state index in [0.717, 1.165) is 37.9 Å². The average molecular weight is 356 g/mol. The van der Waals surface area contributed by atoms with Crippen LogP contribution in [0.5, 0.6) is 0 Å². The van der Waals surface area contributed by atoms with E-state index in [0.29, 0.717) is 24.4 Å². The van der Waals surface area contributed by atoms with E-state index in [9.17, 15) is 9.18 Å². The molecule has 138 valence electrons. The van der Waals surface area contributed by atoms with Gasteiger partial charge in [0.15, 0.2) is 0 Å². The minimum absolute atomic E-state index is 0.135. The number of nitrogen functional groups attached to an aromatic ring is 1. The standard InChI is InChI=1S/C20H25FN4O/c1-24-18(26)16(14-5-3-2-4-6-14)17(22)23-19(24)25-11-9-20(10-12-25)8-7-15(21)13-20/h2-6,15H,7-13,22H2,1H3/t15-/m1/s1. The largest absolute Gasteiger partial charge is 0.383 e. The molecule has 0 radical (unpaired) electrons. The summed E-state index contributed by atoms with van der Waals surface area (Å²) in [4.78, 5) is 19.6. The number of nitrogens with two attached hydrogens (primary N) is 1. The zero-order valence-electron chi connectivity index (χ0n) is 15.1. The fourth-order valence-electron chi connectivity index (χ4n) is 4.54. The van der Waals surface area contributed by atoms with E-state index in [1.807, 2.05) is 30.3 Å². The quantitative estimate of drug-likeness (QED) is 0.898. The second-order valence-electron chi connectivity index (χ2n) is 7.73. The number of anilines is 2. The Kier molecular flexibility index (Phi) is 4.21. The molecule has 1 atom stereocenters. The van der Waals surface area contributed by atoms with Crippen LogP contribution >= 0.6 is 0 Å². The number of alkyl halides is 1. The molecule has 1 aliphatic heterocycles. The third-order valence-corrected chi connectivity index (χ3v) is 6.11. The molecule has 1 aromatic heterocycles. The van der Waals surface area contributed by atoms with Gasteiger partial charge in [-0.1, -0.05) is 30.3 Å². The first-order valence-corrected chi connectivity index (χ1v) is 9.30. The highest BCUT2D eigenvalue weighted by atomic mass is 19.1. The van der Waals surface area contributed by atoms with Gasteiger partial charge in [0.05, 0.1) is 5.56 Å². The van der Waals surface area contributed by atoms with Crippen molar-refractivity contribution in [3.8, 4) is 11.1 Å². The van der Waals surface area contributed by atoms with E-state index in [-0.39, 0.29) is 16.8 Å². The van der Waals surface area contributed by atoms with Gasteiger partial charge < -0.3 is 10.6 Å². The first kappa shape index (κ1) is 17.1. The molecule has 2 aromatic rings. The Balaban J connectivity index is 1.62. The summed E-state index contributed by atoms with van der Waals surface area (Å²) in [6, 6.07) is 9.40. The molecule has 2 N–H and O–H groups in total. The highest BCUT2D eigenvalue weighted by Crippen LogP contribution is 2.47. The van der Waals surface area contributed by atoms with E-state index in [4.69, 9.17) is 5.73 Å². The number of halogens is 1. The third kappa shape index (κ3) is 2.87. The normalized spacial score (nSPS) is 22.1. The fraction of sp³-hybridized carbons (Fsp3) is 0.500. The van der Waals surface area contributed by atoms with Crippen LogP contribution < -0.4 is 16.2 Å². The Bertz CT molecular complexity index is 856. The number of piperidine rings is 1. The molecule has 1 spiro atoms. The fourth-order valence-corrected chi connectivity index (χ4v) is 4.54. The minimum atomic E-state index is -0.648. The van der Waals surface area contributed by atoms with E-state index in [2.05, 4.69) is 9.88 Å². The first-order valence-electron chi connectivity index (χ1n) is 9.30. The second kappa shape index (κ2) is 6.41. The molecular formula is C20H25FN4O. The molecule has 0 unspecified atom stereocenters.